The van der Waals surface area contributed by atoms with Crippen LogP contribution < -0.4 is 24.3 Å². The number of anilines is 1. The molecular formula is C24H32N2O8S. The van der Waals surface area contributed by atoms with Gasteiger partial charge >= 0.3 is 5.97 Å². The third-order valence-electron chi connectivity index (χ3n) is 4.98. The number of methoxy groups -OCH3 is 4. The molecule has 0 aliphatic carbocycles. The van der Waals surface area contributed by atoms with E-state index in [1.807, 2.05) is 0 Å². The molecule has 0 saturated carbocycles. The minimum atomic E-state index is -3.59. The van der Waals surface area contributed by atoms with E-state index in [0.717, 1.165) is 0 Å². The van der Waals surface area contributed by atoms with Crippen LogP contribution in [0.4, 0.5) is 5.82 Å². The summed E-state index contributed by atoms with van der Waals surface area (Å²) in [6, 6.07) is 6.56. The Labute approximate surface area is 206 Å². The zero-order valence-electron chi connectivity index (χ0n) is 20.8. The number of ether oxygens (including phenoxy) is 5. The Kier molecular flexibility index (Phi) is 10.2. The number of rotatable bonds is 13. The van der Waals surface area contributed by atoms with Crippen molar-refractivity contribution in [3.05, 3.63) is 47.8 Å². The van der Waals surface area contributed by atoms with Gasteiger partial charge in [0, 0.05) is 35.9 Å². The number of hydrogen-bond donors (Lipinski definition) is 1. The summed E-state index contributed by atoms with van der Waals surface area (Å²) in [4.78, 5) is 15.8. The predicted octanol–water partition coefficient (Wildman–Crippen LogP) is 3.32. The Morgan fingerprint density at radius 2 is 1.66 bits per heavy atom. The number of sulfone groups is 1. The van der Waals surface area contributed by atoms with Gasteiger partial charge in [-0.1, -0.05) is 6.92 Å². The molecule has 0 radical (unpaired) electrons. The van der Waals surface area contributed by atoms with Gasteiger partial charge in [-0.3, -0.25) is 0 Å². The predicted molar refractivity (Wildman–Crippen MR) is 132 cm³/mol. The maximum absolute atomic E-state index is 13.1. The molecule has 0 aliphatic heterocycles. The zero-order valence-corrected chi connectivity index (χ0v) is 21.6. The number of nitrogens with zero attached hydrogens (tertiary/aromatic N) is 1. The van der Waals surface area contributed by atoms with E-state index >= 15 is 0 Å². The Bertz CT molecular complexity index is 1120. The van der Waals surface area contributed by atoms with Crippen molar-refractivity contribution in [2.24, 2.45) is 0 Å². The van der Waals surface area contributed by atoms with E-state index < -0.39 is 21.7 Å². The second-order valence-corrected chi connectivity index (χ2v) is 9.59. The third kappa shape index (κ3) is 7.78. The normalized spacial score (nSPS) is 12.2. The number of nitrogens with one attached hydrogen (secondary N) is 1. The fourth-order valence-corrected chi connectivity index (χ4v) is 5.14. The highest BCUT2D eigenvalue weighted by molar-refractivity contribution is 7.90. The standard InChI is InChI=1S/C24H32N2O8S/c1-7-34-22(27)10-11-25-24-19(31-4)9-8-17(26-24)15-35(28,29)14-16(2)23-20(32-5)12-18(30-3)13-21(23)33-6/h8-13,16H,7,14-15H2,1-6H3,(H,25,26)/b11-10+. The second-order valence-electron chi connectivity index (χ2n) is 7.48. The summed E-state index contributed by atoms with van der Waals surface area (Å²) in [6.07, 6.45) is 2.55. The molecule has 1 atom stereocenters. The Hall–Kier alpha value is -3.47. The average Bonchev–Trinajstić information content (AvgIpc) is 2.82. The largest absolute Gasteiger partial charge is 0.496 e. The molecule has 1 heterocycles. The maximum Gasteiger partial charge on any atom is 0.332 e. The molecule has 192 valence electrons. The van der Waals surface area contributed by atoms with Crippen molar-refractivity contribution < 1.29 is 36.9 Å². The SMILES string of the molecule is CCOC(=O)/C=C/Nc1nc(CS(=O)(=O)CC(C)c2c(OC)cc(OC)cc2OC)ccc1OC. The maximum atomic E-state index is 13.1. The van der Waals surface area contributed by atoms with Gasteiger partial charge in [-0.25, -0.2) is 18.2 Å². The number of hydrogen-bond acceptors (Lipinski definition) is 10. The lowest BCUT2D eigenvalue weighted by atomic mass is 10.0. The highest BCUT2D eigenvalue weighted by atomic mass is 32.2. The van der Waals surface area contributed by atoms with Crippen LogP contribution in [0.2, 0.25) is 0 Å². The molecule has 0 spiro atoms. The summed E-state index contributed by atoms with van der Waals surface area (Å²) in [6.45, 7) is 3.75. The van der Waals surface area contributed by atoms with E-state index in [1.54, 1.807) is 38.1 Å². The van der Waals surface area contributed by atoms with Gasteiger partial charge in [0.15, 0.2) is 21.4 Å². The lowest BCUT2D eigenvalue weighted by Crippen LogP contribution is -2.17. The highest BCUT2D eigenvalue weighted by Gasteiger charge is 2.25. The molecule has 2 aromatic rings. The minimum Gasteiger partial charge on any atom is -0.496 e. The summed E-state index contributed by atoms with van der Waals surface area (Å²) in [5.41, 5.74) is 0.951. The van der Waals surface area contributed by atoms with Gasteiger partial charge in [0.2, 0.25) is 0 Å². The second kappa shape index (κ2) is 12.8. The summed E-state index contributed by atoms with van der Waals surface area (Å²) in [5, 5.41) is 2.83. The van der Waals surface area contributed by atoms with Crippen molar-refractivity contribution in [1.29, 1.82) is 0 Å². The molecule has 0 fully saturated rings. The molecule has 1 aromatic carbocycles. The molecule has 2 rings (SSSR count). The molecule has 1 unspecified atom stereocenters. The number of esters is 1. The van der Waals surface area contributed by atoms with Crippen LogP contribution >= 0.6 is 0 Å². The van der Waals surface area contributed by atoms with E-state index in [1.165, 1.54) is 40.7 Å². The fourth-order valence-electron chi connectivity index (χ4n) is 3.48. The van der Waals surface area contributed by atoms with Crippen LogP contribution in [-0.4, -0.2) is 60.2 Å². The van der Waals surface area contributed by atoms with Gasteiger partial charge in [-0.05, 0) is 19.1 Å². The van der Waals surface area contributed by atoms with Crippen molar-refractivity contribution in [1.82, 2.24) is 4.98 Å². The first-order valence-corrected chi connectivity index (χ1v) is 12.6. The fraction of sp³-hybridized carbons (Fsp3) is 0.417. The topological polar surface area (TPSA) is 122 Å². The summed E-state index contributed by atoms with van der Waals surface area (Å²) < 4.78 is 52.4. The molecule has 0 amide bonds. The van der Waals surface area contributed by atoms with Crippen molar-refractivity contribution >= 4 is 21.6 Å². The Morgan fingerprint density at radius 1 is 1.03 bits per heavy atom. The quantitative estimate of drug-likeness (QED) is 0.318. The monoisotopic (exact) mass is 508 g/mol. The van der Waals surface area contributed by atoms with Crippen molar-refractivity contribution in [3.8, 4) is 23.0 Å². The van der Waals surface area contributed by atoms with Gasteiger partial charge in [0.1, 0.15) is 17.2 Å². The van der Waals surface area contributed by atoms with Gasteiger partial charge in [-0.2, -0.15) is 0 Å². The van der Waals surface area contributed by atoms with Crippen molar-refractivity contribution in [2.75, 3.05) is 46.1 Å². The Balaban J connectivity index is 2.24. The van der Waals surface area contributed by atoms with Crippen LogP contribution in [0.3, 0.4) is 0 Å². The van der Waals surface area contributed by atoms with Crippen molar-refractivity contribution in [2.45, 2.75) is 25.5 Å². The van der Waals surface area contributed by atoms with Crippen LogP contribution in [0, 0.1) is 0 Å². The van der Waals surface area contributed by atoms with E-state index in [2.05, 4.69) is 10.3 Å². The molecule has 0 bridgehead atoms. The summed E-state index contributed by atoms with van der Waals surface area (Å²) in [5.74, 6) is 0.752. The van der Waals surface area contributed by atoms with E-state index in [9.17, 15) is 13.2 Å². The van der Waals surface area contributed by atoms with Gasteiger partial charge in [-0.15, -0.1) is 0 Å². The van der Waals surface area contributed by atoms with Gasteiger partial charge in [0.25, 0.3) is 0 Å². The summed E-state index contributed by atoms with van der Waals surface area (Å²) >= 11 is 0. The highest BCUT2D eigenvalue weighted by Crippen LogP contribution is 2.39. The molecule has 11 heteroatoms. The van der Waals surface area contributed by atoms with Crippen LogP contribution in [0.5, 0.6) is 23.0 Å². The first-order valence-electron chi connectivity index (χ1n) is 10.8. The van der Waals surface area contributed by atoms with Crippen LogP contribution in [0.15, 0.2) is 36.5 Å². The third-order valence-corrected chi connectivity index (χ3v) is 6.72. The van der Waals surface area contributed by atoms with Crippen LogP contribution in [0.1, 0.15) is 31.0 Å². The van der Waals surface area contributed by atoms with Gasteiger partial charge in [0.05, 0.1) is 52.2 Å². The number of carbonyl (C=O) groups is 1. The van der Waals surface area contributed by atoms with E-state index in [-0.39, 0.29) is 23.9 Å². The molecule has 10 nitrogen and oxygen atoms in total. The number of carbonyl (C=O) groups excluding carboxylic acids is 1. The molecule has 0 saturated heterocycles. The van der Waals surface area contributed by atoms with Gasteiger partial charge < -0.3 is 29.0 Å². The lowest BCUT2D eigenvalue weighted by molar-refractivity contribution is -0.137. The first-order chi connectivity index (χ1) is 16.7. The smallest absolute Gasteiger partial charge is 0.332 e. The van der Waals surface area contributed by atoms with Crippen LogP contribution in [-0.2, 0) is 25.1 Å². The van der Waals surface area contributed by atoms with Crippen LogP contribution in [0.25, 0.3) is 0 Å². The van der Waals surface area contributed by atoms with E-state index in [4.69, 9.17) is 23.7 Å². The number of aromatic nitrogens is 1. The first kappa shape index (κ1) is 27.8. The molecule has 35 heavy (non-hydrogen) atoms. The van der Waals surface area contributed by atoms with Crippen molar-refractivity contribution in [3.63, 3.8) is 0 Å². The molecule has 0 aliphatic rings. The molecule has 1 N–H and O–H groups in total. The number of benzene rings is 1. The average molecular weight is 509 g/mol. The molecule has 1 aromatic heterocycles. The Morgan fingerprint density at radius 3 is 2.20 bits per heavy atom. The zero-order chi connectivity index (χ0) is 26.0. The number of pyridine rings is 1. The minimum absolute atomic E-state index is 0.161. The molecular weight excluding hydrogens is 476 g/mol. The lowest BCUT2D eigenvalue weighted by Gasteiger charge is -2.20. The van der Waals surface area contributed by atoms with E-state index in [0.29, 0.717) is 34.3 Å². The summed E-state index contributed by atoms with van der Waals surface area (Å²) in [7, 11) is 2.41.